The highest BCUT2D eigenvalue weighted by molar-refractivity contribution is 7.92. The summed E-state index contributed by atoms with van der Waals surface area (Å²) in [5, 5.41) is 3.82. The minimum Gasteiger partial charge on any atom is -0.465 e. The van der Waals surface area contributed by atoms with Gasteiger partial charge in [-0.2, -0.15) is 5.10 Å². The summed E-state index contributed by atoms with van der Waals surface area (Å²) in [7, 11) is -2.35. The van der Waals surface area contributed by atoms with Gasteiger partial charge in [0.05, 0.1) is 30.8 Å². The molecule has 0 aliphatic rings. The summed E-state index contributed by atoms with van der Waals surface area (Å²) in [6.07, 6.45) is 2.42. The van der Waals surface area contributed by atoms with E-state index in [-0.39, 0.29) is 0 Å². The smallest absolute Gasteiger partial charge is 0.337 e. The van der Waals surface area contributed by atoms with Crippen molar-refractivity contribution in [3.05, 3.63) is 65.2 Å². The van der Waals surface area contributed by atoms with Crippen molar-refractivity contribution in [1.82, 2.24) is 5.43 Å². The van der Waals surface area contributed by atoms with Crippen molar-refractivity contribution in [2.45, 2.75) is 6.92 Å². The summed E-state index contributed by atoms with van der Waals surface area (Å²) in [4.78, 5) is 23.5. The second kappa shape index (κ2) is 9.14. The second-order valence-electron chi connectivity index (χ2n) is 6.01. The van der Waals surface area contributed by atoms with Crippen LogP contribution in [-0.4, -0.2) is 46.4 Å². The first-order chi connectivity index (χ1) is 13.2. The van der Waals surface area contributed by atoms with Gasteiger partial charge in [0.1, 0.15) is 6.54 Å². The number of sulfonamides is 1. The van der Waals surface area contributed by atoms with Crippen LogP contribution in [0.15, 0.2) is 53.6 Å². The molecule has 8 nitrogen and oxygen atoms in total. The first-order valence-corrected chi connectivity index (χ1v) is 10.1. The van der Waals surface area contributed by atoms with Crippen LogP contribution in [0.3, 0.4) is 0 Å². The number of hydrazone groups is 1. The molecule has 0 fully saturated rings. The van der Waals surface area contributed by atoms with Crippen molar-refractivity contribution < 1.29 is 22.7 Å². The molecular formula is C19H21N3O5S. The molecule has 0 aliphatic carbocycles. The quantitative estimate of drug-likeness (QED) is 0.430. The standard InChI is InChI=1S/C19H21N3O5S/c1-14-4-10-17(11-5-14)22(28(3,25)26)13-18(23)21-20-12-15-6-8-16(9-7-15)19(24)27-2/h4-12H,13H2,1-3H3,(H,21,23)/b20-12-. The van der Waals surface area contributed by atoms with Gasteiger partial charge in [0.2, 0.25) is 10.0 Å². The van der Waals surface area contributed by atoms with Crippen LogP contribution >= 0.6 is 0 Å². The molecular weight excluding hydrogens is 382 g/mol. The van der Waals surface area contributed by atoms with Crippen molar-refractivity contribution in [2.75, 3.05) is 24.2 Å². The number of hydrogen-bond acceptors (Lipinski definition) is 6. The Labute approximate surface area is 163 Å². The molecule has 2 aromatic carbocycles. The molecule has 0 radical (unpaired) electrons. The van der Waals surface area contributed by atoms with Crippen LogP contribution in [-0.2, 0) is 19.6 Å². The van der Waals surface area contributed by atoms with Crippen molar-refractivity contribution in [1.29, 1.82) is 0 Å². The molecule has 0 saturated heterocycles. The third-order valence-electron chi connectivity index (χ3n) is 3.74. The Kier molecular flexibility index (Phi) is 6.89. The molecule has 2 rings (SSSR count). The highest BCUT2D eigenvalue weighted by Gasteiger charge is 2.20. The number of rotatable bonds is 7. The molecule has 0 aromatic heterocycles. The first-order valence-electron chi connectivity index (χ1n) is 8.25. The summed E-state index contributed by atoms with van der Waals surface area (Å²) < 4.78 is 29.7. The molecule has 0 heterocycles. The topological polar surface area (TPSA) is 105 Å². The third kappa shape index (κ3) is 5.92. The van der Waals surface area contributed by atoms with Gasteiger partial charge >= 0.3 is 5.97 Å². The Hall–Kier alpha value is -3.20. The van der Waals surface area contributed by atoms with Gasteiger partial charge in [0, 0.05) is 0 Å². The Morgan fingerprint density at radius 2 is 1.71 bits per heavy atom. The number of benzene rings is 2. The zero-order valence-electron chi connectivity index (χ0n) is 15.7. The molecule has 0 unspecified atom stereocenters. The SMILES string of the molecule is COC(=O)c1ccc(/C=N\NC(=O)CN(c2ccc(C)cc2)S(C)(=O)=O)cc1. The zero-order chi connectivity index (χ0) is 20.7. The number of ether oxygens (including phenoxy) is 1. The number of nitrogens with one attached hydrogen (secondary N) is 1. The van der Waals surface area contributed by atoms with Gasteiger partial charge < -0.3 is 4.74 Å². The lowest BCUT2D eigenvalue weighted by atomic mass is 10.1. The maximum atomic E-state index is 12.1. The maximum Gasteiger partial charge on any atom is 0.337 e. The van der Waals surface area contributed by atoms with Crippen LogP contribution < -0.4 is 9.73 Å². The Balaban J connectivity index is 2.02. The molecule has 1 N–H and O–H groups in total. The highest BCUT2D eigenvalue weighted by atomic mass is 32.2. The van der Waals surface area contributed by atoms with E-state index >= 15 is 0 Å². The lowest BCUT2D eigenvalue weighted by Gasteiger charge is -2.21. The van der Waals surface area contributed by atoms with Gasteiger partial charge in [0.25, 0.3) is 5.91 Å². The van der Waals surface area contributed by atoms with Crippen LogP contribution in [0.25, 0.3) is 0 Å². The van der Waals surface area contributed by atoms with Crippen LogP contribution in [0, 0.1) is 6.92 Å². The molecule has 0 aliphatic heterocycles. The lowest BCUT2D eigenvalue weighted by molar-refractivity contribution is -0.119. The number of nitrogens with zero attached hydrogens (tertiary/aromatic N) is 2. The number of methoxy groups -OCH3 is 1. The van der Waals surface area contributed by atoms with Crippen molar-refractivity contribution in [2.24, 2.45) is 5.10 Å². The minimum atomic E-state index is -3.64. The summed E-state index contributed by atoms with van der Waals surface area (Å²) >= 11 is 0. The van der Waals surface area contributed by atoms with Crippen molar-refractivity contribution in [3.8, 4) is 0 Å². The molecule has 0 spiro atoms. The second-order valence-corrected chi connectivity index (χ2v) is 7.92. The fourth-order valence-electron chi connectivity index (χ4n) is 2.28. The van der Waals surface area contributed by atoms with Crippen LogP contribution in [0.2, 0.25) is 0 Å². The normalized spacial score (nSPS) is 11.2. The predicted octanol–water partition coefficient (Wildman–Crippen LogP) is 1.70. The van der Waals surface area contributed by atoms with Crippen LogP contribution in [0.4, 0.5) is 5.69 Å². The number of anilines is 1. The Bertz CT molecular complexity index is 968. The largest absolute Gasteiger partial charge is 0.465 e. The maximum absolute atomic E-state index is 12.1. The predicted molar refractivity (Wildman–Crippen MR) is 107 cm³/mol. The fraction of sp³-hybridized carbons (Fsp3) is 0.211. The Morgan fingerprint density at radius 1 is 1.11 bits per heavy atom. The lowest BCUT2D eigenvalue weighted by Crippen LogP contribution is -2.39. The van der Waals surface area contributed by atoms with Gasteiger partial charge in [-0.15, -0.1) is 0 Å². The molecule has 0 saturated carbocycles. The van der Waals surface area contributed by atoms with E-state index in [0.717, 1.165) is 16.1 Å². The average Bonchev–Trinajstić information content (AvgIpc) is 2.66. The number of hydrogen-bond donors (Lipinski definition) is 1. The van der Waals surface area contributed by atoms with Gasteiger partial charge in [-0.3, -0.25) is 9.10 Å². The van der Waals surface area contributed by atoms with E-state index in [9.17, 15) is 18.0 Å². The average molecular weight is 403 g/mol. The first kappa shape index (κ1) is 21.1. The number of carbonyl (C=O) groups excluding carboxylic acids is 2. The molecule has 0 atom stereocenters. The minimum absolute atomic E-state index is 0.394. The molecule has 28 heavy (non-hydrogen) atoms. The van der Waals surface area contributed by atoms with E-state index in [2.05, 4.69) is 15.3 Å². The van der Waals surface area contributed by atoms with E-state index in [1.807, 2.05) is 6.92 Å². The van der Waals surface area contributed by atoms with Gasteiger partial charge in [-0.25, -0.2) is 18.6 Å². The summed E-state index contributed by atoms with van der Waals surface area (Å²) in [5.41, 5.74) is 4.71. The van der Waals surface area contributed by atoms with Gasteiger partial charge in [-0.1, -0.05) is 29.8 Å². The monoisotopic (exact) mass is 403 g/mol. The van der Waals surface area contributed by atoms with Gasteiger partial charge in [0.15, 0.2) is 0 Å². The van der Waals surface area contributed by atoms with Crippen molar-refractivity contribution >= 4 is 33.8 Å². The highest BCUT2D eigenvalue weighted by Crippen LogP contribution is 2.17. The van der Waals surface area contributed by atoms with Gasteiger partial charge in [-0.05, 0) is 36.8 Å². The van der Waals surface area contributed by atoms with E-state index in [0.29, 0.717) is 16.8 Å². The van der Waals surface area contributed by atoms with E-state index in [1.54, 1.807) is 48.5 Å². The zero-order valence-corrected chi connectivity index (χ0v) is 16.6. The number of carbonyl (C=O) groups is 2. The Morgan fingerprint density at radius 3 is 2.25 bits per heavy atom. The molecule has 9 heteroatoms. The third-order valence-corrected chi connectivity index (χ3v) is 4.88. The summed E-state index contributed by atoms with van der Waals surface area (Å²) in [5.74, 6) is -1.04. The van der Waals surface area contributed by atoms with Crippen molar-refractivity contribution in [3.63, 3.8) is 0 Å². The summed E-state index contributed by atoms with van der Waals surface area (Å²) in [6.45, 7) is 1.48. The molecule has 2 aromatic rings. The fourth-order valence-corrected chi connectivity index (χ4v) is 3.14. The van der Waals surface area contributed by atoms with E-state index < -0.39 is 28.4 Å². The number of aryl methyl sites for hydroxylation is 1. The summed E-state index contributed by atoms with van der Waals surface area (Å²) in [6, 6.07) is 13.2. The molecule has 0 bridgehead atoms. The molecule has 1 amide bonds. The van der Waals surface area contributed by atoms with E-state index in [1.165, 1.54) is 13.3 Å². The number of esters is 1. The molecule has 148 valence electrons. The van der Waals surface area contributed by atoms with Crippen LogP contribution in [0.1, 0.15) is 21.5 Å². The number of amides is 1. The van der Waals surface area contributed by atoms with Crippen LogP contribution in [0.5, 0.6) is 0 Å². The van der Waals surface area contributed by atoms with E-state index in [4.69, 9.17) is 0 Å².